The van der Waals surface area contributed by atoms with Gasteiger partial charge >= 0.3 is 6.09 Å². The Morgan fingerprint density at radius 2 is 1.79 bits per heavy atom. The van der Waals surface area contributed by atoms with Gasteiger partial charge in [0.05, 0.1) is 13.1 Å². The highest BCUT2D eigenvalue weighted by Gasteiger charge is 2.32. The molecule has 0 aliphatic carbocycles. The monoisotopic (exact) mass is 268 g/mol. The zero-order valence-electron chi connectivity index (χ0n) is 12.3. The number of nitrogens with zero attached hydrogens (tertiary/aromatic N) is 4. The van der Waals surface area contributed by atoms with Crippen LogP contribution in [0.25, 0.3) is 0 Å². The summed E-state index contributed by atoms with van der Waals surface area (Å²) in [6.07, 6.45) is -0.289. The van der Waals surface area contributed by atoms with E-state index in [0.29, 0.717) is 13.1 Å². The number of rotatable bonds is 0. The molecule has 1 fully saturated rings. The van der Waals surface area contributed by atoms with Gasteiger partial charge < -0.3 is 14.5 Å². The quantitative estimate of drug-likeness (QED) is 0.653. The molecular weight excluding hydrogens is 244 g/mol. The van der Waals surface area contributed by atoms with Gasteiger partial charge in [0.25, 0.3) is 0 Å². The molecule has 0 atom stereocenters. The second-order valence-corrected chi connectivity index (χ2v) is 6.10. The molecule has 2 rings (SSSR count). The van der Waals surface area contributed by atoms with Crippen molar-refractivity contribution in [3.63, 3.8) is 0 Å². The van der Waals surface area contributed by atoms with E-state index in [1.807, 2.05) is 20.8 Å². The molecule has 6 heteroatoms. The van der Waals surface area contributed by atoms with Gasteiger partial charge in [-0.1, -0.05) is 0 Å². The molecule has 2 heterocycles. The van der Waals surface area contributed by atoms with Crippen LogP contribution in [-0.4, -0.2) is 78.7 Å². The van der Waals surface area contributed by atoms with Crippen molar-refractivity contribution in [3.05, 3.63) is 0 Å². The topological polar surface area (TPSA) is 48.4 Å². The number of guanidine groups is 1. The Morgan fingerprint density at radius 1 is 1.16 bits per heavy atom. The smallest absolute Gasteiger partial charge is 0.417 e. The Bertz CT molecular complexity index is 367. The van der Waals surface area contributed by atoms with Gasteiger partial charge in [0.2, 0.25) is 5.96 Å². The van der Waals surface area contributed by atoms with Gasteiger partial charge in [0.15, 0.2) is 0 Å². The summed E-state index contributed by atoms with van der Waals surface area (Å²) in [6.45, 7) is 10.8. The fourth-order valence-electron chi connectivity index (χ4n) is 2.20. The summed E-state index contributed by atoms with van der Waals surface area (Å²) < 4.78 is 5.43. The first-order valence-electron chi connectivity index (χ1n) is 6.85. The van der Waals surface area contributed by atoms with Gasteiger partial charge in [0.1, 0.15) is 5.60 Å². The van der Waals surface area contributed by atoms with Gasteiger partial charge in [-0.05, 0) is 27.8 Å². The summed E-state index contributed by atoms with van der Waals surface area (Å²) >= 11 is 0. The van der Waals surface area contributed by atoms with Crippen molar-refractivity contribution in [3.8, 4) is 0 Å². The Labute approximate surface area is 115 Å². The highest BCUT2D eigenvalue weighted by molar-refractivity contribution is 5.95. The summed E-state index contributed by atoms with van der Waals surface area (Å²) in [7, 11) is 2.11. The molecule has 0 saturated carbocycles. The second kappa shape index (κ2) is 5.36. The lowest BCUT2D eigenvalue weighted by Crippen LogP contribution is -2.53. The SMILES string of the molecule is CN1CCN(C2=NCCN2C(=O)OC(C)(C)C)CC1. The highest BCUT2D eigenvalue weighted by atomic mass is 16.6. The van der Waals surface area contributed by atoms with E-state index in [1.54, 1.807) is 4.90 Å². The molecule has 6 nitrogen and oxygen atoms in total. The van der Waals surface area contributed by atoms with Crippen LogP contribution >= 0.6 is 0 Å². The average Bonchev–Trinajstić information content (AvgIpc) is 2.76. The number of likely N-dealkylation sites (N-methyl/N-ethyl adjacent to an activating group) is 1. The number of hydrogen-bond donors (Lipinski definition) is 0. The van der Waals surface area contributed by atoms with Crippen LogP contribution in [0.4, 0.5) is 4.79 Å². The molecule has 0 bridgehead atoms. The van der Waals surface area contributed by atoms with Crippen LogP contribution in [0.1, 0.15) is 20.8 Å². The van der Waals surface area contributed by atoms with Gasteiger partial charge in [0, 0.05) is 26.2 Å². The predicted molar refractivity (Wildman–Crippen MR) is 74.3 cm³/mol. The number of piperazine rings is 1. The molecule has 0 spiro atoms. The molecule has 0 unspecified atom stereocenters. The third-order valence-corrected chi connectivity index (χ3v) is 3.22. The lowest BCUT2D eigenvalue weighted by Gasteiger charge is -2.36. The summed E-state index contributed by atoms with van der Waals surface area (Å²) in [5, 5.41) is 0. The maximum atomic E-state index is 12.2. The van der Waals surface area contributed by atoms with Crippen LogP contribution in [0.3, 0.4) is 0 Å². The molecule has 0 radical (unpaired) electrons. The molecule has 108 valence electrons. The van der Waals surface area contributed by atoms with Gasteiger partial charge in [-0.15, -0.1) is 0 Å². The summed E-state index contributed by atoms with van der Waals surface area (Å²) in [4.78, 5) is 22.8. The van der Waals surface area contributed by atoms with E-state index in [9.17, 15) is 4.79 Å². The largest absolute Gasteiger partial charge is 0.443 e. The summed E-state index contributed by atoms with van der Waals surface area (Å²) in [5.41, 5.74) is -0.465. The van der Waals surface area contributed by atoms with E-state index in [-0.39, 0.29) is 6.09 Å². The van der Waals surface area contributed by atoms with Crippen LogP contribution in [0.2, 0.25) is 0 Å². The fourth-order valence-corrected chi connectivity index (χ4v) is 2.20. The minimum atomic E-state index is -0.465. The maximum Gasteiger partial charge on any atom is 0.417 e. The molecule has 0 aromatic carbocycles. The third-order valence-electron chi connectivity index (χ3n) is 3.22. The zero-order valence-corrected chi connectivity index (χ0v) is 12.3. The first-order valence-corrected chi connectivity index (χ1v) is 6.85. The molecule has 0 N–H and O–H groups in total. The Hall–Kier alpha value is -1.30. The Kier molecular flexibility index (Phi) is 3.99. The maximum absolute atomic E-state index is 12.2. The van der Waals surface area contributed by atoms with Crippen molar-refractivity contribution >= 4 is 12.1 Å². The van der Waals surface area contributed by atoms with Crippen LogP contribution in [0, 0.1) is 0 Å². The third kappa shape index (κ3) is 3.59. The number of aliphatic imine (C=N–C) groups is 1. The van der Waals surface area contributed by atoms with E-state index in [4.69, 9.17) is 4.74 Å². The Balaban J connectivity index is 1.99. The van der Waals surface area contributed by atoms with E-state index in [0.717, 1.165) is 32.1 Å². The van der Waals surface area contributed by atoms with E-state index < -0.39 is 5.60 Å². The molecule has 0 aromatic rings. The van der Waals surface area contributed by atoms with Crippen molar-refractivity contribution in [2.24, 2.45) is 4.99 Å². The number of carbonyl (C=O) groups excluding carboxylic acids is 1. The van der Waals surface area contributed by atoms with Crippen molar-refractivity contribution < 1.29 is 9.53 Å². The second-order valence-electron chi connectivity index (χ2n) is 6.10. The van der Waals surface area contributed by atoms with Gasteiger partial charge in [-0.25, -0.2) is 9.69 Å². The number of ether oxygens (including phenoxy) is 1. The molecule has 1 saturated heterocycles. The number of carbonyl (C=O) groups is 1. The van der Waals surface area contributed by atoms with Crippen LogP contribution in [0.15, 0.2) is 4.99 Å². The standard InChI is InChI=1S/C13H24N4O2/c1-13(2,3)19-12(18)17-6-5-14-11(17)16-9-7-15(4)8-10-16/h5-10H2,1-4H3. The number of hydrogen-bond acceptors (Lipinski definition) is 5. The predicted octanol–water partition coefficient (Wildman–Crippen LogP) is 0.841. The minimum absolute atomic E-state index is 0.289. The summed E-state index contributed by atoms with van der Waals surface area (Å²) in [5.74, 6) is 0.780. The number of amides is 1. The first-order chi connectivity index (χ1) is 8.87. The average molecular weight is 268 g/mol. The van der Waals surface area contributed by atoms with E-state index >= 15 is 0 Å². The Morgan fingerprint density at radius 3 is 2.37 bits per heavy atom. The van der Waals surface area contributed by atoms with E-state index in [2.05, 4.69) is 21.8 Å². The van der Waals surface area contributed by atoms with Crippen LogP contribution in [-0.2, 0) is 4.74 Å². The van der Waals surface area contributed by atoms with Gasteiger partial charge in [-0.3, -0.25) is 4.99 Å². The molecule has 1 amide bonds. The first kappa shape index (κ1) is 14.1. The zero-order chi connectivity index (χ0) is 14.0. The lowest BCUT2D eigenvalue weighted by molar-refractivity contribution is 0.0361. The van der Waals surface area contributed by atoms with Crippen LogP contribution in [0.5, 0.6) is 0 Å². The molecule has 19 heavy (non-hydrogen) atoms. The van der Waals surface area contributed by atoms with E-state index in [1.165, 1.54) is 0 Å². The molecule has 2 aliphatic heterocycles. The minimum Gasteiger partial charge on any atom is -0.443 e. The molecule has 2 aliphatic rings. The van der Waals surface area contributed by atoms with Crippen molar-refractivity contribution in [1.29, 1.82) is 0 Å². The van der Waals surface area contributed by atoms with Crippen LogP contribution < -0.4 is 0 Å². The lowest BCUT2D eigenvalue weighted by atomic mass is 10.2. The fraction of sp³-hybridized carbons (Fsp3) is 0.846. The van der Waals surface area contributed by atoms with Gasteiger partial charge in [-0.2, -0.15) is 0 Å². The highest BCUT2D eigenvalue weighted by Crippen LogP contribution is 2.15. The van der Waals surface area contributed by atoms with Crippen molar-refractivity contribution in [1.82, 2.24) is 14.7 Å². The normalized spacial score (nSPS) is 21.6. The molecular formula is C13H24N4O2. The van der Waals surface area contributed by atoms with Crippen molar-refractivity contribution in [2.45, 2.75) is 26.4 Å². The molecule has 0 aromatic heterocycles. The van der Waals surface area contributed by atoms with Crippen molar-refractivity contribution in [2.75, 3.05) is 46.3 Å². The summed E-state index contributed by atoms with van der Waals surface area (Å²) in [6, 6.07) is 0.